The van der Waals surface area contributed by atoms with Crippen LogP contribution in [0.25, 0.3) is 12.2 Å². The lowest BCUT2D eigenvalue weighted by molar-refractivity contribution is -0.141. The van der Waals surface area contributed by atoms with Gasteiger partial charge < -0.3 is 30.3 Å². The highest BCUT2D eigenvalue weighted by molar-refractivity contribution is 5.54. The van der Waals surface area contributed by atoms with Crippen LogP contribution in [0.4, 0.5) is 0 Å². The Hall–Kier alpha value is -2.64. The van der Waals surface area contributed by atoms with E-state index in [-0.39, 0.29) is 5.76 Å². The van der Waals surface area contributed by atoms with Crippen molar-refractivity contribution in [3.8, 4) is 0 Å². The number of methoxy groups -OCH3 is 1. The summed E-state index contributed by atoms with van der Waals surface area (Å²) in [6, 6.07) is 17.7. The molecule has 2 aromatic rings. The normalized spacial score (nSPS) is 18.1. The Bertz CT molecular complexity index is 798. The van der Waals surface area contributed by atoms with Crippen LogP contribution in [0, 0.1) is 0 Å². The lowest BCUT2D eigenvalue weighted by atomic mass is 9.88. The molecule has 0 bridgehead atoms. The molecule has 0 saturated carbocycles. The Labute approximate surface area is 164 Å². The first-order chi connectivity index (χ1) is 13.3. The van der Waals surface area contributed by atoms with E-state index in [2.05, 4.69) is 0 Å². The number of hydrogen-bond acceptors (Lipinski definition) is 6. The second-order valence-corrected chi connectivity index (χ2v) is 6.63. The Morgan fingerprint density at radius 1 is 0.893 bits per heavy atom. The minimum Gasteiger partial charge on any atom is -0.509 e. The fourth-order valence-corrected chi connectivity index (χ4v) is 2.74. The molecule has 6 nitrogen and oxygen atoms in total. The topological polar surface area (TPSA) is 110 Å². The fourth-order valence-electron chi connectivity index (χ4n) is 2.74. The van der Waals surface area contributed by atoms with E-state index in [4.69, 9.17) is 4.74 Å². The number of ether oxygens (including phenoxy) is 1. The van der Waals surface area contributed by atoms with Crippen molar-refractivity contribution in [2.24, 2.45) is 0 Å². The van der Waals surface area contributed by atoms with Gasteiger partial charge in [-0.1, -0.05) is 60.7 Å². The first-order valence-corrected chi connectivity index (χ1v) is 8.80. The Balaban J connectivity index is 2.22. The molecule has 0 radical (unpaired) electrons. The largest absolute Gasteiger partial charge is 0.509 e. The molecular weight excluding hydrogens is 360 g/mol. The Morgan fingerprint density at radius 2 is 1.36 bits per heavy atom. The quantitative estimate of drug-likeness (QED) is 0.445. The van der Waals surface area contributed by atoms with Crippen molar-refractivity contribution in [1.29, 1.82) is 0 Å². The molecule has 4 atom stereocenters. The third-order valence-electron chi connectivity index (χ3n) is 4.46. The number of aliphatic hydroxyl groups is 5. The molecule has 0 spiro atoms. The van der Waals surface area contributed by atoms with Crippen molar-refractivity contribution in [3.63, 3.8) is 0 Å². The van der Waals surface area contributed by atoms with Crippen LogP contribution in [-0.4, -0.2) is 56.6 Å². The van der Waals surface area contributed by atoms with Gasteiger partial charge in [0.15, 0.2) is 0 Å². The van der Waals surface area contributed by atoms with Crippen LogP contribution in [0.2, 0.25) is 0 Å². The molecule has 2 aromatic carbocycles. The Morgan fingerprint density at radius 3 is 1.82 bits per heavy atom. The summed E-state index contributed by atoms with van der Waals surface area (Å²) in [6.45, 7) is 1.25. The van der Waals surface area contributed by atoms with Crippen molar-refractivity contribution in [3.05, 3.63) is 83.3 Å². The van der Waals surface area contributed by atoms with Crippen LogP contribution in [0.1, 0.15) is 18.1 Å². The van der Waals surface area contributed by atoms with Crippen molar-refractivity contribution in [1.82, 2.24) is 0 Å². The number of aliphatic hydroxyl groups excluding tert-OH is 4. The van der Waals surface area contributed by atoms with Crippen LogP contribution < -0.4 is 0 Å². The van der Waals surface area contributed by atoms with Gasteiger partial charge in [-0.05, 0) is 30.2 Å². The number of benzene rings is 2. The SMILES string of the molecule is COC(=Cc1ccccc1)C(C)(O)C(O)C(O)C(O)C(O)=Cc1ccccc1. The molecule has 4 unspecified atom stereocenters. The smallest absolute Gasteiger partial charge is 0.147 e. The minimum absolute atomic E-state index is 0.0102. The van der Waals surface area contributed by atoms with Gasteiger partial charge in [0, 0.05) is 0 Å². The van der Waals surface area contributed by atoms with Crippen LogP contribution in [0.3, 0.4) is 0 Å². The summed E-state index contributed by atoms with van der Waals surface area (Å²) in [5, 5.41) is 51.9. The highest BCUT2D eigenvalue weighted by atomic mass is 16.5. The lowest BCUT2D eigenvalue weighted by Crippen LogP contribution is -2.53. The maximum Gasteiger partial charge on any atom is 0.147 e. The summed E-state index contributed by atoms with van der Waals surface area (Å²) in [4.78, 5) is 0. The molecular formula is C22H26O6. The molecule has 0 aliphatic carbocycles. The molecule has 0 aliphatic heterocycles. The van der Waals surface area contributed by atoms with Crippen LogP contribution in [0.15, 0.2) is 72.2 Å². The number of rotatable bonds is 8. The van der Waals surface area contributed by atoms with Gasteiger partial charge in [-0.3, -0.25) is 0 Å². The van der Waals surface area contributed by atoms with Gasteiger partial charge in [-0.25, -0.2) is 0 Å². The van der Waals surface area contributed by atoms with E-state index in [9.17, 15) is 25.5 Å². The van der Waals surface area contributed by atoms with Crippen LogP contribution in [0.5, 0.6) is 0 Å². The average molecular weight is 386 g/mol. The zero-order valence-corrected chi connectivity index (χ0v) is 15.8. The summed E-state index contributed by atoms with van der Waals surface area (Å²) in [5.74, 6) is -0.552. The van der Waals surface area contributed by atoms with E-state index in [1.165, 1.54) is 26.2 Å². The van der Waals surface area contributed by atoms with Gasteiger partial charge in [0.05, 0.1) is 7.11 Å². The third kappa shape index (κ3) is 5.21. The summed E-state index contributed by atoms with van der Waals surface area (Å²) in [5.41, 5.74) is -0.708. The van der Waals surface area contributed by atoms with E-state index in [1.807, 2.05) is 6.07 Å². The van der Waals surface area contributed by atoms with E-state index in [1.54, 1.807) is 54.6 Å². The van der Waals surface area contributed by atoms with Crippen LogP contribution in [-0.2, 0) is 4.74 Å². The molecule has 5 N–H and O–H groups in total. The molecule has 0 aromatic heterocycles. The maximum absolute atomic E-state index is 10.8. The molecule has 0 heterocycles. The van der Waals surface area contributed by atoms with Gasteiger partial charge in [-0.2, -0.15) is 0 Å². The minimum atomic E-state index is -2.03. The predicted molar refractivity (Wildman–Crippen MR) is 107 cm³/mol. The average Bonchev–Trinajstić information content (AvgIpc) is 2.71. The summed E-state index contributed by atoms with van der Waals surface area (Å²) < 4.78 is 5.21. The van der Waals surface area contributed by atoms with Gasteiger partial charge in [0.25, 0.3) is 0 Å². The number of hydrogen-bond donors (Lipinski definition) is 5. The van der Waals surface area contributed by atoms with Crippen molar-refractivity contribution >= 4 is 12.2 Å². The zero-order valence-electron chi connectivity index (χ0n) is 15.8. The molecule has 28 heavy (non-hydrogen) atoms. The maximum atomic E-state index is 10.8. The summed E-state index contributed by atoms with van der Waals surface area (Å²) in [6.07, 6.45) is -2.74. The first-order valence-electron chi connectivity index (χ1n) is 8.80. The molecule has 0 aliphatic rings. The van der Waals surface area contributed by atoms with Gasteiger partial charge in [0.2, 0.25) is 0 Å². The van der Waals surface area contributed by atoms with Gasteiger partial charge >= 0.3 is 0 Å². The van der Waals surface area contributed by atoms with Crippen molar-refractivity contribution in [2.75, 3.05) is 7.11 Å². The lowest BCUT2D eigenvalue weighted by Gasteiger charge is -2.34. The molecule has 2 rings (SSSR count). The van der Waals surface area contributed by atoms with E-state index in [0.717, 1.165) is 0 Å². The monoisotopic (exact) mass is 386 g/mol. The van der Waals surface area contributed by atoms with Gasteiger partial charge in [0.1, 0.15) is 35.4 Å². The molecule has 0 saturated heterocycles. The van der Waals surface area contributed by atoms with Crippen molar-refractivity contribution in [2.45, 2.75) is 30.8 Å². The molecule has 6 heteroatoms. The summed E-state index contributed by atoms with van der Waals surface area (Å²) in [7, 11) is 1.32. The van der Waals surface area contributed by atoms with Gasteiger partial charge in [-0.15, -0.1) is 0 Å². The molecule has 150 valence electrons. The predicted octanol–water partition coefficient (Wildman–Crippen LogP) is 2.11. The fraction of sp³-hybridized carbons (Fsp3) is 0.273. The van der Waals surface area contributed by atoms with Crippen LogP contribution >= 0.6 is 0 Å². The third-order valence-corrected chi connectivity index (χ3v) is 4.46. The molecule has 0 fully saturated rings. The van der Waals surface area contributed by atoms with E-state index < -0.39 is 29.7 Å². The van der Waals surface area contributed by atoms with E-state index in [0.29, 0.717) is 11.1 Å². The second kappa shape index (κ2) is 9.52. The highest BCUT2D eigenvalue weighted by Gasteiger charge is 2.43. The van der Waals surface area contributed by atoms with E-state index >= 15 is 0 Å². The Kier molecular flexibility index (Phi) is 7.37. The standard InChI is InChI=1S/C22H26O6/c1-22(27,18(28-2)14-16-11-7-4-8-12-16)21(26)20(25)19(24)17(23)13-15-9-5-3-6-10-15/h3-14,19-21,23-27H,1-2H3. The molecule has 0 amide bonds. The first kappa shape index (κ1) is 21.7. The second-order valence-electron chi connectivity index (χ2n) is 6.63. The zero-order chi connectivity index (χ0) is 20.7. The highest BCUT2D eigenvalue weighted by Crippen LogP contribution is 2.28. The van der Waals surface area contributed by atoms with Crippen molar-refractivity contribution < 1.29 is 30.3 Å². The summed E-state index contributed by atoms with van der Waals surface area (Å²) >= 11 is 0.